The van der Waals surface area contributed by atoms with E-state index < -0.39 is 23.4 Å². The van der Waals surface area contributed by atoms with Crippen LogP contribution in [-0.2, 0) is 4.74 Å². The average molecular weight is 280 g/mol. The second kappa shape index (κ2) is 6.31. The van der Waals surface area contributed by atoms with Crippen LogP contribution in [0.2, 0.25) is 0 Å². The zero-order valence-electron chi connectivity index (χ0n) is 9.73. The summed E-state index contributed by atoms with van der Waals surface area (Å²) in [5.41, 5.74) is 5.94. The third-order valence-corrected chi connectivity index (χ3v) is 3.18. The number of aromatic hydroxyl groups is 1. The van der Waals surface area contributed by atoms with E-state index in [1.165, 1.54) is 0 Å². The Labute approximate surface area is 110 Å². The summed E-state index contributed by atoms with van der Waals surface area (Å²) in [5.74, 6) is -1.96. The fraction of sp³-hybridized carbons (Fsp3) is 0.500. The van der Waals surface area contributed by atoms with Gasteiger partial charge in [0.05, 0.1) is 0 Å². The van der Waals surface area contributed by atoms with Gasteiger partial charge in [0.15, 0.2) is 0 Å². The lowest BCUT2D eigenvalue weighted by molar-refractivity contribution is 0.0577. The van der Waals surface area contributed by atoms with Crippen LogP contribution in [0.5, 0.6) is 5.75 Å². The second-order valence-corrected chi connectivity index (χ2v) is 4.30. The molecule has 0 saturated carbocycles. The number of rotatable bonds is 2. The summed E-state index contributed by atoms with van der Waals surface area (Å²) >= 11 is 0. The highest BCUT2D eigenvalue weighted by atomic mass is 35.5. The fourth-order valence-electron chi connectivity index (χ4n) is 2.21. The number of ether oxygens (including phenoxy) is 1. The molecule has 2 rings (SSSR count). The topological polar surface area (TPSA) is 55.5 Å². The van der Waals surface area contributed by atoms with Crippen molar-refractivity contribution in [3.8, 4) is 5.75 Å². The zero-order chi connectivity index (χ0) is 12.4. The van der Waals surface area contributed by atoms with Crippen molar-refractivity contribution in [1.29, 1.82) is 0 Å². The van der Waals surface area contributed by atoms with Gasteiger partial charge in [-0.25, -0.2) is 8.78 Å². The largest absolute Gasteiger partial charge is 0.507 e. The van der Waals surface area contributed by atoms with E-state index in [4.69, 9.17) is 10.5 Å². The molecule has 1 aromatic rings. The molecule has 18 heavy (non-hydrogen) atoms. The van der Waals surface area contributed by atoms with Gasteiger partial charge in [0, 0.05) is 37.0 Å². The normalized spacial score (nSPS) is 18.2. The van der Waals surface area contributed by atoms with Crippen molar-refractivity contribution in [1.82, 2.24) is 0 Å². The van der Waals surface area contributed by atoms with Crippen molar-refractivity contribution in [2.24, 2.45) is 11.7 Å². The summed E-state index contributed by atoms with van der Waals surface area (Å²) in [6.45, 7) is 1.17. The van der Waals surface area contributed by atoms with Crippen LogP contribution in [-0.4, -0.2) is 18.3 Å². The van der Waals surface area contributed by atoms with E-state index in [-0.39, 0.29) is 23.9 Å². The van der Waals surface area contributed by atoms with Gasteiger partial charge in [0.25, 0.3) is 0 Å². The van der Waals surface area contributed by atoms with Crippen molar-refractivity contribution >= 4 is 12.4 Å². The van der Waals surface area contributed by atoms with Gasteiger partial charge in [-0.2, -0.15) is 0 Å². The fourth-order valence-corrected chi connectivity index (χ4v) is 2.21. The maximum atomic E-state index is 13.6. The molecule has 1 aliphatic heterocycles. The molecule has 0 radical (unpaired) electrons. The molecule has 0 spiro atoms. The highest BCUT2D eigenvalue weighted by Gasteiger charge is 2.27. The third-order valence-electron chi connectivity index (χ3n) is 3.18. The molecule has 3 N–H and O–H groups in total. The van der Waals surface area contributed by atoms with Crippen molar-refractivity contribution in [3.05, 3.63) is 29.3 Å². The Kier molecular flexibility index (Phi) is 5.31. The van der Waals surface area contributed by atoms with Crippen LogP contribution in [0.1, 0.15) is 24.4 Å². The highest BCUT2D eigenvalue weighted by Crippen LogP contribution is 2.34. The first kappa shape index (κ1) is 15.1. The lowest BCUT2D eigenvalue weighted by Gasteiger charge is -2.28. The van der Waals surface area contributed by atoms with E-state index in [9.17, 15) is 13.9 Å². The van der Waals surface area contributed by atoms with E-state index >= 15 is 0 Å². The van der Waals surface area contributed by atoms with Crippen molar-refractivity contribution in [2.75, 3.05) is 13.2 Å². The zero-order valence-corrected chi connectivity index (χ0v) is 10.6. The van der Waals surface area contributed by atoms with Gasteiger partial charge in [-0.15, -0.1) is 12.4 Å². The SMILES string of the molecule is Cl.N[C@@H](c1c(O)cc(F)cc1F)C1CCOCC1. The van der Waals surface area contributed by atoms with Crippen molar-refractivity contribution in [2.45, 2.75) is 18.9 Å². The Bertz CT molecular complexity index is 388. The molecular weight excluding hydrogens is 264 g/mol. The summed E-state index contributed by atoms with van der Waals surface area (Å²) in [4.78, 5) is 0. The van der Waals surface area contributed by atoms with E-state index in [1.54, 1.807) is 0 Å². The number of phenols is 1. The van der Waals surface area contributed by atoms with Crippen LogP contribution >= 0.6 is 12.4 Å². The Morgan fingerprint density at radius 3 is 2.44 bits per heavy atom. The van der Waals surface area contributed by atoms with E-state index in [0.29, 0.717) is 13.2 Å². The van der Waals surface area contributed by atoms with Gasteiger partial charge < -0.3 is 15.6 Å². The summed E-state index contributed by atoms with van der Waals surface area (Å²) in [6, 6.07) is 1.01. The number of halogens is 3. The van der Waals surface area contributed by atoms with Crippen molar-refractivity contribution < 1.29 is 18.6 Å². The predicted octanol–water partition coefficient (Wildman–Crippen LogP) is 2.52. The molecular formula is C12H16ClF2NO2. The van der Waals surface area contributed by atoms with E-state index in [1.807, 2.05) is 0 Å². The molecule has 1 aliphatic rings. The van der Waals surface area contributed by atoms with Crippen LogP contribution < -0.4 is 5.73 Å². The lowest BCUT2D eigenvalue weighted by atomic mass is 9.87. The number of hydrogen-bond donors (Lipinski definition) is 2. The van der Waals surface area contributed by atoms with Crippen LogP contribution in [0, 0.1) is 17.6 Å². The molecule has 1 heterocycles. The number of phenolic OH excluding ortho intramolecular Hbond substituents is 1. The monoisotopic (exact) mass is 279 g/mol. The lowest BCUT2D eigenvalue weighted by Crippen LogP contribution is -2.28. The molecule has 0 amide bonds. The molecule has 3 nitrogen and oxygen atoms in total. The van der Waals surface area contributed by atoms with Crippen LogP contribution in [0.15, 0.2) is 12.1 Å². The summed E-state index contributed by atoms with van der Waals surface area (Å²) in [6.07, 6.45) is 1.44. The summed E-state index contributed by atoms with van der Waals surface area (Å²) in [5, 5.41) is 9.58. The molecule has 102 valence electrons. The standard InChI is InChI=1S/C12H15F2NO2.ClH/c13-8-5-9(14)11(10(16)6-8)12(15)7-1-3-17-4-2-7;/h5-7,12,16H,1-4,15H2;1H/t12-;/m1./s1. The Balaban J connectivity index is 0.00000162. The van der Waals surface area contributed by atoms with Gasteiger partial charge in [-0.05, 0) is 18.8 Å². The minimum Gasteiger partial charge on any atom is -0.507 e. The minimum atomic E-state index is -0.803. The third kappa shape index (κ3) is 3.10. The molecule has 6 heteroatoms. The molecule has 0 unspecified atom stereocenters. The molecule has 1 saturated heterocycles. The van der Waals surface area contributed by atoms with Gasteiger partial charge in [0.2, 0.25) is 0 Å². The maximum absolute atomic E-state index is 13.6. The highest BCUT2D eigenvalue weighted by molar-refractivity contribution is 5.85. The molecule has 0 bridgehead atoms. The quantitative estimate of drug-likeness (QED) is 0.875. The smallest absolute Gasteiger partial charge is 0.134 e. The van der Waals surface area contributed by atoms with E-state index in [2.05, 4.69) is 0 Å². The molecule has 0 aromatic heterocycles. The Morgan fingerprint density at radius 1 is 1.28 bits per heavy atom. The van der Waals surface area contributed by atoms with Crippen LogP contribution in [0.3, 0.4) is 0 Å². The van der Waals surface area contributed by atoms with E-state index in [0.717, 1.165) is 25.0 Å². The van der Waals surface area contributed by atoms with Crippen molar-refractivity contribution in [3.63, 3.8) is 0 Å². The first-order valence-electron chi connectivity index (χ1n) is 5.61. The predicted molar refractivity (Wildman–Crippen MR) is 65.7 cm³/mol. The molecule has 1 atom stereocenters. The van der Waals surface area contributed by atoms with Crippen LogP contribution in [0.25, 0.3) is 0 Å². The average Bonchev–Trinajstić information content (AvgIpc) is 2.28. The van der Waals surface area contributed by atoms with Gasteiger partial charge >= 0.3 is 0 Å². The molecule has 0 aliphatic carbocycles. The minimum absolute atomic E-state index is 0. The number of hydrogen-bond acceptors (Lipinski definition) is 3. The van der Waals surface area contributed by atoms with Gasteiger partial charge in [-0.3, -0.25) is 0 Å². The number of benzene rings is 1. The molecule has 1 fully saturated rings. The number of nitrogens with two attached hydrogens (primary N) is 1. The Hall–Kier alpha value is -0.910. The van der Waals surface area contributed by atoms with Gasteiger partial charge in [0.1, 0.15) is 17.4 Å². The maximum Gasteiger partial charge on any atom is 0.134 e. The molecule has 1 aromatic carbocycles. The van der Waals surface area contributed by atoms with Crippen LogP contribution in [0.4, 0.5) is 8.78 Å². The second-order valence-electron chi connectivity index (χ2n) is 4.30. The van der Waals surface area contributed by atoms with Gasteiger partial charge in [-0.1, -0.05) is 0 Å². The Morgan fingerprint density at radius 2 is 1.89 bits per heavy atom. The first-order valence-corrected chi connectivity index (χ1v) is 5.61. The summed E-state index contributed by atoms with van der Waals surface area (Å²) < 4.78 is 31.7. The first-order chi connectivity index (χ1) is 8.09. The summed E-state index contributed by atoms with van der Waals surface area (Å²) in [7, 11) is 0.